The number of alkyl carbamates (subject to hydrolysis) is 2. The first-order chi connectivity index (χ1) is 29.8. The highest BCUT2D eigenvalue weighted by molar-refractivity contribution is 6.04. The highest BCUT2D eigenvalue weighted by Gasteiger charge is 2.58. The van der Waals surface area contributed by atoms with E-state index in [1.54, 1.807) is 0 Å². The maximum atomic E-state index is 14.1. The largest absolute Gasteiger partial charge is 0.453 e. The van der Waals surface area contributed by atoms with Crippen LogP contribution in [-0.2, 0) is 30.1 Å². The lowest BCUT2D eigenvalue weighted by atomic mass is 9.92. The molecule has 4 heterocycles. The van der Waals surface area contributed by atoms with Crippen molar-refractivity contribution in [3.05, 3.63) is 84.7 Å². The number of rotatable bonds is 11. The van der Waals surface area contributed by atoms with Crippen LogP contribution in [0.1, 0.15) is 77.9 Å². The third-order valence-corrected chi connectivity index (χ3v) is 14.2. The van der Waals surface area contributed by atoms with Crippen molar-refractivity contribution in [2.45, 2.75) is 89.4 Å². The molecule has 0 radical (unpaired) electrons. The van der Waals surface area contributed by atoms with Crippen molar-refractivity contribution in [1.29, 1.82) is 0 Å². The van der Waals surface area contributed by atoms with E-state index in [4.69, 9.17) is 19.4 Å². The number of amides is 4. The molecule has 2 aliphatic heterocycles. The second kappa shape index (κ2) is 15.9. The summed E-state index contributed by atoms with van der Waals surface area (Å²) in [5.41, 5.74) is 4.82. The molecule has 14 nitrogen and oxygen atoms in total. The predicted molar refractivity (Wildman–Crippen MR) is 234 cm³/mol. The summed E-state index contributed by atoms with van der Waals surface area (Å²) < 4.78 is 9.69. The average Bonchev–Trinajstić information content (AvgIpc) is 4.16. The van der Waals surface area contributed by atoms with Gasteiger partial charge >= 0.3 is 12.2 Å². The second-order valence-electron chi connectivity index (χ2n) is 18.5. The zero-order chi connectivity index (χ0) is 43.5. The van der Waals surface area contributed by atoms with Gasteiger partial charge in [-0.05, 0) is 89.7 Å². The van der Waals surface area contributed by atoms with Crippen LogP contribution >= 0.6 is 0 Å². The molecule has 2 aromatic heterocycles. The number of likely N-dealkylation sites (tertiary alicyclic amines) is 2. The van der Waals surface area contributed by atoms with Crippen LogP contribution in [0.3, 0.4) is 0 Å². The minimum atomic E-state index is -0.701. The molecule has 4 fully saturated rings. The summed E-state index contributed by atoms with van der Waals surface area (Å²) >= 11 is 0. The topological polar surface area (TPSA) is 175 Å². The van der Waals surface area contributed by atoms with Gasteiger partial charge in [-0.3, -0.25) is 9.59 Å². The van der Waals surface area contributed by atoms with E-state index in [1.807, 2.05) is 56.0 Å². The summed E-state index contributed by atoms with van der Waals surface area (Å²) in [5.74, 6) is 1.89. The van der Waals surface area contributed by atoms with Gasteiger partial charge in [0.05, 0.1) is 38.0 Å². The van der Waals surface area contributed by atoms with Crippen LogP contribution in [0.5, 0.6) is 0 Å². The van der Waals surface area contributed by atoms with Crippen LogP contribution in [0.2, 0.25) is 0 Å². The number of carbonyl (C=O) groups excluding carboxylic acids is 4. The molecule has 5 aromatic rings. The maximum Gasteiger partial charge on any atom is 0.407 e. The Kier molecular flexibility index (Phi) is 10.6. The van der Waals surface area contributed by atoms with Gasteiger partial charge in [0.25, 0.3) is 0 Å². The number of hydrogen-bond donors (Lipinski definition) is 4. The lowest BCUT2D eigenvalue weighted by molar-refractivity contribution is -0.141. The fourth-order valence-corrected chi connectivity index (χ4v) is 11.0. The van der Waals surface area contributed by atoms with Gasteiger partial charge in [-0.25, -0.2) is 19.6 Å². The summed E-state index contributed by atoms with van der Waals surface area (Å²) in [5, 5.41) is 7.72. The fourth-order valence-electron chi connectivity index (χ4n) is 11.0. The SMILES string of the molecule is COC(=O)N[C@H](C(=O)N1C[C@@H]2CC[C@@]1(c1ncc(-c3ccc(-c4ccc(-c5cnc([C@@]67CC[C@@H](CN6C(=O)[C@@H](NC(=O)OC)C(C)C)C7)[nH]5)c5ccccc45)cc3)[nH]1)C2)C(C)C. The number of hydrogen-bond acceptors (Lipinski definition) is 8. The number of fused-ring (bicyclic) bond motifs is 5. The first kappa shape index (κ1) is 41.2. The Balaban J connectivity index is 0.966. The van der Waals surface area contributed by atoms with Gasteiger partial charge in [-0.1, -0.05) is 88.4 Å². The molecule has 0 spiro atoms. The lowest BCUT2D eigenvalue weighted by Gasteiger charge is -2.40. The van der Waals surface area contributed by atoms with Gasteiger partial charge in [0.15, 0.2) is 0 Å². The van der Waals surface area contributed by atoms with E-state index in [0.717, 1.165) is 94.6 Å². The Morgan fingerprint density at radius 1 is 0.645 bits per heavy atom. The number of carbonyl (C=O) groups is 4. The standard InChI is InChI=1S/C48H56N8O6/c1-27(2)39(53-45(59)61-5)41(57)55-25-29-17-19-47(55,21-29)43-49-23-37(51-43)32-13-11-31(12-14-32)33-15-16-36(35-10-8-7-9-34(33)35)38-24-50-44(52-38)48-20-18-30(22-48)26-56(48)42(58)40(28(3)4)54-46(60)62-6/h7-16,23-24,27-30,39-40H,17-22,25-26H2,1-6H3,(H,49,51)(H,50,52)(H,53,59)(H,54,60)/t29-,30-,39+,40+,47+,48+/m1/s1. The van der Waals surface area contributed by atoms with Crippen molar-refractivity contribution in [2.24, 2.45) is 23.7 Å². The predicted octanol–water partition coefficient (Wildman–Crippen LogP) is 7.72. The van der Waals surface area contributed by atoms with Crippen LogP contribution in [0, 0.1) is 23.7 Å². The highest BCUT2D eigenvalue weighted by Crippen LogP contribution is 2.54. The number of benzene rings is 3. The Morgan fingerprint density at radius 3 is 1.58 bits per heavy atom. The van der Waals surface area contributed by atoms with Gasteiger partial charge in [-0.2, -0.15) is 0 Å². The molecule has 2 aliphatic carbocycles. The van der Waals surface area contributed by atoms with Gasteiger partial charge in [0.2, 0.25) is 11.8 Å². The van der Waals surface area contributed by atoms with Crippen LogP contribution in [0.4, 0.5) is 9.59 Å². The summed E-state index contributed by atoms with van der Waals surface area (Å²) in [7, 11) is 2.62. The van der Waals surface area contributed by atoms with Gasteiger partial charge in [0, 0.05) is 18.7 Å². The van der Waals surface area contributed by atoms with Crippen LogP contribution < -0.4 is 10.6 Å². The van der Waals surface area contributed by atoms with Gasteiger partial charge in [0.1, 0.15) is 34.8 Å². The molecule has 0 unspecified atom stereocenters. The van der Waals surface area contributed by atoms with Crippen molar-refractivity contribution in [1.82, 2.24) is 40.4 Å². The number of nitrogens with zero attached hydrogens (tertiary/aromatic N) is 4. The first-order valence-electron chi connectivity index (χ1n) is 21.9. The number of nitrogens with one attached hydrogen (secondary N) is 4. The first-order valence-corrected chi connectivity index (χ1v) is 21.9. The molecule has 6 atom stereocenters. The van der Waals surface area contributed by atoms with E-state index in [0.29, 0.717) is 24.9 Å². The van der Waals surface area contributed by atoms with Crippen LogP contribution in [-0.4, -0.2) is 93.1 Å². The molecule has 62 heavy (non-hydrogen) atoms. The fraction of sp³-hybridized carbons (Fsp3) is 0.458. The molecule has 324 valence electrons. The number of H-pyrrole nitrogens is 2. The number of imidazole rings is 2. The molecule has 2 saturated carbocycles. The van der Waals surface area contributed by atoms with Gasteiger partial charge < -0.3 is 39.9 Å². The number of aromatic nitrogens is 4. The molecule has 4 N–H and O–H groups in total. The summed E-state index contributed by atoms with van der Waals surface area (Å²) in [6.45, 7) is 8.99. The minimum Gasteiger partial charge on any atom is -0.453 e. The Labute approximate surface area is 361 Å². The Morgan fingerprint density at radius 2 is 1.10 bits per heavy atom. The maximum absolute atomic E-state index is 14.1. The van der Waals surface area contributed by atoms with E-state index >= 15 is 0 Å². The van der Waals surface area contributed by atoms with Crippen molar-refractivity contribution >= 4 is 34.8 Å². The lowest BCUT2D eigenvalue weighted by Crippen LogP contribution is -2.56. The monoisotopic (exact) mass is 840 g/mol. The van der Waals surface area contributed by atoms with Crippen molar-refractivity contribution < 1.29 is 28.7 Å². The molecular weight excluding hydrogens is 785 g/mol. The number of ether oxygens (including phenoxy) is 2. The molecule has 2 saturated heterocycles. The highest BCUT2D eigenvalue weighted by atomic mass is 16.5. The molecule has 4 amide bonds. The molecular formula is C48H56N8O6. The molecule has 3 aromatic carbocycles. The molecule has 9 rings (SSSR count). The normalized spacial score (nSPS) is 23.6. The summed E-state index contributed by atoms with van der Waals surface area (Å²) in [6, 6.07) is 19.8. The quantitative estimate of drug-likeness (QED) is 0.105. The van der Waals surface area contributed by atoms with Crippen LogP contribution in [0.25, 0.3) is 44.4 Å². The Bertz CT molecular complexity index is 2530. The third-order valence-electron chi connectivity index (χ3n) is 14.2. The van der Waals surface area contributed by atoms with E-state index in [9.17, 15) is 19.2 Å². The molecule has 4 bridgehead atoms. The van der Waals surface area contributed by atoms with Crippen molar-refractivity contribution in [3.63, 3.8) is 0 Å². The summed E-state index contributed by atoms with van der Waals surface area (Å²) in [4.78, 5) is 73.5. The minimum absolute atomic E-state index is 0.105. The van der Waals surface area contributed by atoms with Crippen molar-refractivity contribution in [2.75, 3.05) is 27.3 Å². The van der Waals surface area contributed by atoms with Crippen LogP contribution in [0.15, 0.2) is 73.1 Å². The smallest absolute Gasteiger partial charge is 0.407 e. The number of methoxy groups -OCH3 is 2. The van der Waals surface area contributed by atoms with E-state index in [1.165, 1.54) is 14.2 Å². The molecule has 4 aliphatic rings. The Hall–Kier alpha value is -6.18. The second-order valence-corrected chi connectivity index (χ2v) is 18.5. The molecule has 14 heteroatoms. The average molecular weight is 841 g/mol. The zero-order valence-corrected chi connectivity index (χ0v) is 36.3. The summed E-state index contributed by atoms with van der Waals surface area (Å²) in [6.07, 6.45) is 7.85. The van der Waals surface area contributed by atoms with E-state index in [2.05, 4.69) is 75.2 Å². The van der Waals surface area contributed by atoms with Gasteiger partial charge in [-0.15, -0.1) is 0 Å². The number of piperidine rings is 2. The van der Waals surface area contributed by atoms with Crippen molar-refractivity contribution in [3.8, 4) is 33.6 Å². The number of aromatic amines is 2. The third kappa shape index (κ3) is 6.87. The van der Waals surface area contributed by atoms with E-state index in [-0.39, 0.29) is 23.7 Å². The zero-order valence-electron chi connectivity index (χ0n) is 36.3. The van der Waals surface area contributed by atoms with E-state index < -0.39 is 35.3 Å².